The standard InChI is InChI=1S/C38H38N2/c1-5-13-27(3)14-7-8-15-30(24-25-39)37-32-16-9-11-18-34(32)38(35-19-12-10-17-33(35)37)31-22-20-29(21-23-31)36(26-40)28(4)6-2/h5-26H,39-40H2,1-4H3/b8-7+,13-5-,25-24-,27-14-,28-6-,30-15+,36-26+. The summed E-state index contributed by atoms with van der Waals surface area (Å²) in [7, 11) is 0. The third-order valence-electron chi connectivity index (χ3n) is 7.18. The average Bonchev–Trinajstić information content (AvgIpc) is 2.98. The first-order valence-electron chi connectivity index (χ1n) is 13.7. The number of rotatable bonds is 8. The Bertz CT molecular complexity index is 1660. The molecular formula is C38H38N2. The normalized spacial score (nSPS) is 14.0. The minimum absolute atomic E-state index is 1.05. The highest BCUT2D eigenvalue weighted by Gasteiger charge is 2.16. The van der Waals surface area contributed by atoms with Gasteiger partial charge in [-0.2, -0.15) is 0 Å². The fourth-order valence-corrected chi connectivity index (χ4v) is 5.19. The van der Waals surface area contributed by atoms with Gasteiger partial charge in [0.25, 0.3) is 0 Å². The number of fused-ring (bicyclic) bond motifs is 2. The average molecular weight is 523 g/mol. The highest BCUT2D eigenvalue weighted by atomic mass is 14.5. The zero-order valence-electron chi connectivity index (χ0n) is 23.9. The summed E-state index contributed by atoms with van der Waals surface area (Å²) in [5.74, 6) is 0. The molecule has 0 atom stereocenters. The number of hydrogen-bond acceptors (Lipinski definition) is 2. The first-order valence-corrected chi connectivity index (χ1v) is 13.7. The van der Waals surface area contributed by atoms with Crippen molar-refractivity contribution in [3.63, 3.8) is 0 Å². The Balaban J connectivity index is 1.96. The number of hydrogen-bond donors (Lipinski definition) is 2. The monoisotopic (exact) mass is 522 g/mol. The maximum Gasteiger partial charge on any atom is 0.00201 e. The van der Waals surface area contributed by atoms with Crippen molar-refractivity contribution in [2.45, 2.75) is 27.7 Å². The van der Waals surface area contributed by atoms with E-state index >= 15 is 0 Å². The van der Waals surface area contributed by atoms with E-state index in [1.807, 2.05) is 26.0 Å². The predicted molar refractivity (Wildman–Crippen MR) is 178 cm³/mol. The summed E-state index contributed by atoms with van der Waals surface area (Å²) >= 11 is 0. The zero-order chi connectivity index (χ0) is 28.5. The maximum absolute atomic E-state index is 5.99. The van der Waals surface area contributed by atoms with Crippen molar-refractivity contribution >= 4 is 32.7 Å². The molecule has 4 rings (SSSR count). The summed E-state index contributed by atoms with van der Waals surface area (Å²) < 4.78 is 0. The molecule has 200 valence electrons. The van der Waals surface area contributed by atoms with E-state index in [9.17, 15) is 0 Å². The molecule has 0 radical (unpaired) electrons. The molecule has 0 aliphatic rings. The Kier molecular flexibility index (Phi) is 9.38. The molecule has 4 N–H and O–H groups in total. The zero-order valence-corrected chi connectivity index (χ0v) is 23.9. The van der Waals surface area contributed by atoms with Crippen molar-refractivity contribution < 1.29 is 0 Å². The van der Waals surface area contributed by atoms with Crippen LogP contribution in [-0.2, 0) is 0 Å². The van der Waals surface area contributed by atoms with E-state index in [-0.39, 0.29) is 0 Å². The van der Waals surface area contributed by atoms with Gasteiger partial charge in [0.05, 0.1) is 0 Å². The fourth-order valence-electron chi connectivity index (χ4n) is 5.19. The molecule has 0 saturated carbocycles. The minimum Gasteiger partial charge on any atom is -0.405 e. The number of benzene rings is 4. The molecule has 2 heteroatoms. The van der Waals surface area contributed by atoms with Gasteiger partial charge in [0.15, 0.2) is 0 Å². The van der Waals surface area contributed by atoms with Gasteiger partial charge in [-0.3, -0.25) is 0 Å². The molecule has 0 amide bonds. The van der Waals surface area contributed by atoms with E-state index in [1.165, 1.54) is 43.8 Å². The Morgan fingerprint density at radius 2 is 1.25 bits per heavy atom. The third kappa shape index (κ3) is 5.92. The van der Waals surface area contributed by atoms with Gasteiger partial charge < -0.3 is 11.5 Å². The quantitative estimate of drug-likeness (QED) is 0.179. The first kappa shape index (κ1) is 28.2. The SMILES string of the molecule is C\C=C/C(C)=C\C=C\C=C(/C=C\N)c1c2ccccc2c(-c2ccc(C(=C/N)/C(C)=C\C)cc2)c2ccccc12. The molecule has 0 heterocycles. The largest absolute Gasteiger partial charge is 0.405 e. The van der Waals surface area contributed by atoms with Gasteiger partial charge in [-0.1, -0.05) is 121 Å². The smallest absolute Gasteiger partial charge is 0.00201 e. The molecule has 40 heavy (non-hydrogen) atoms. The molecule has 2 nitrogen and oxygen atoms in total. The van der Waals surface area contributed by atoms with Crippen LogP contribution in [-0.4, -0.2) is 0 Å². The summed E-state index contributed by atoms with van der Waals surface area (Å²) in [4.78, 5) is 0. The Morgan fingerprint density at radius 1 is 0.675 bits per heavy atom. The van der Waals surface area contributed by atoms with Crippen LogP contribution in [0.25, 0.3) is 43.8 Å². The number of nitrogens with two attached hydrogens (primary N) is 2. The first-order chi connectivity index (χ1) is 19.5. The second-order valence-electron chi connectivity index (χ2n) is 9.75. The second kappa shape index (κ2) is 13.3. The van der Waals surface area contributed by atoms with Crippen molar-refractivity contribution in [3.8, 4) is 11.1 Å². The highest BCUT2D eigenvalue weighted by Crippen LogP contribution is 2.42. The lowest BCUT2D eigenvalue weighted by Gasteiger charge is -2.18. The summed E-state index contributed by atoms with van der Waals surface area (Å²) in [6, 6.07) is 26.0. The minimum atomic E-state index is 1.05. The lowest BCUT2D eigenvalue weighted by molar-refractivity contribution is 1.43. The Hall–Kier alpha value is -4.82. The van der Waals surface area contributed by atoms with Gasteiger partial charge in [-0.15, -0.1) is 0 Å². The predicted octanol–water partition coefficient (Wildman–Crippen LogP) is 9.86. The van der Waals surface area contributed by atoms with Crippen molar-refractivity contribution in [3.05, 3.63) is 156 Å². The second-order valence-corrected chi connectivity index (χ2v) is 9.75. The van der Waals surface area contributed by atoms with Crippen molar-refractivity contribution in [2.24, 2.45) is 11.5 Å². The van der Waals surface area contributed by atoms with Crippen LogP contribution in [0, 0.1) is 0 Å². The van der Waals surface area contributed by atoms with Crippen molar-refractivity contribution in [1.82, 2.24) is 0 Å². The summed E-state index contributed by atoms with van der Waals surface area (Å²) in [6.45, 7) is 8.24. The van der Waals surface area contributed by atoms with E-state index in [0.717, 1.165) is 22.3 Å². The molecule has 0 aromatic heterocycles. The summed E-state index contributed by atoms with van der Waals surface area (Å²) in [6.07, 6.45) is 19.9. The van der Waals surface area contributed by atoms with Crippen LogP contribution >= 0.6 is 0 Å². The molecule has 0 spiro atoms. The van der Waals surface area contributed by atoms with Crippen LogP contribution in [0.4, 0.5) is 0 Å². The van der Waals surface area contributed by atoms with E-state index < -0.39 is 0 Å². The van der Waals surface area contributed by atoms with E-state index in [4.69, 9.17) is 11.5 Å². The molecule has 4 aromatic rings. The molecule has 4 aromatic carbocycles. The topological polar surface area (TPSA) is 52.0 Å². The molecule has 0 aliphatic carbocycles. The molecular weight excluding hydrogens is 484 g/mol. The van der Waals surface area contributed by atoms with Gasteiger partial charge in [0.1, 0.15) is 0 Å². The van der Waals surface area contributed by atoms with Crippen LogP contribution in [0.1, 0.15) is 38.8 Å². The van der Waals surface area contributed by atoms with Crippen LogP contribution in [0.5, 0.6) is 0 Å². The Morgan fingerprint density at radius 3 is 1.77 bits per heavy atom. The molecule has 0 fully saturated rings. The van der Waals surface area contributed by atoms with Gasteiger partial charge in [0.2, 0.25) is 0 Å². The van der Waals surface area contributed by atoms with Crippen LogP contribution in [0.15, 0.2) is 145 Å². The lowest BCUT2D eigenvalue weighted by atomic mass is 9.85. The highest BCUT2D eigenvalue weighted by molar-refractivity contribution is 6.19. The van der Waals surface area contributed by atoms with Gasteiger partial charge in [0, 0.05) is 6.20 Å². The van der Waals surface area contributed by atoms with Crippen LogP contribution in [0.2, 0.25) is 0 Å². The van der Waals surface area contributed by atoms with Crippen molar-refractivity contribution in [1.29, 1.82) is 0 Å². The molecule has 0 unspecified atom stereocenters. The van der Waals surface area contributed by atoms with Crippen molar-refractivity contribution in [2.75, 3.05) is 0 Å². The fraction of sp³-hybridized carbons (Fsp3) is 0.105. The Labute approximate surface area is 238 Å². The molecule has 0 saturated heterocycles. The lowest BCUT2D eigenvalue weighted by Crippen LogP contribution is -1.94. The van der Waals surface area contributed by atoms with E-state index in [2.05, 4.69) is 123 Å². The summed E-state index contributed by atoms with van der Waals surface area (Å²) in [5, 5.41) is 4.77. The van der Waals surface area contributed by atoms with E-state index in [0.29, 0.717) is 0 Å². The molecule has 0 bridgehead atoms. The maximum atomic E-state index is 5.99. The van der Waals surface area contributed by atoms with Crippen LogP contribution < -0.4 is 11.5 Å². The van der Waals surface area contributed by atoms with Gasteiger partial charge in [-0.25, -0.2) is 0 Å². The molecule has 0 aliphatic heterocycles. The van der Waals surface area contributed by atoms with Crippen LogP contribution in [0.3, 0.4) is 0 Å². The third-order valence-corrected chi connectivity index (χ3v) is 7.18. The van der Waals surface area contributed by atoms with Gasteiger partial charge >= 0.3 is 0 Å². The number of allylic oxidation sites excluding steroid dienone is 12. The summed E-state index contributed by atoms with van der Waals surface area (Å²) in [5.41, 5.74) is 21.1. The van der Waals surface area contributed by atoms with E-state index in [1.54, 1.807) is 12.4 Å². The van der Waals surface area contributed by atoms with Gasteiger partial charge in [-0.05, 0) is 100 Å².